The average molecular weight is 251 g/mol. The quantitative estimate of drug-likeness (QED) is 0.799. The number of nitrogens with zero attached hydrogens (tertiary/aromatic N) is 1. The highest BCUT2D eigenvalue weighted by Crippen LogP contribution is 2.21. The highest BCUT2D eigenvalue weighted by Gasteiger charge is 2.02. The van der Waals surface area contributed by atoms with Gasteiger partial charge in [-0.2, -0.15) is 0 Å². The minimum atomic E-state index is 0.594. The molecule has 0 spiro atoms. The minimum absolute atomic E-state index is 0.594. The maximum atomic E-state index is 5.00. The fourth-order valence-electron chi connectivity index (χ4n) is 1.84. The molecule has 0 amide bonds. The molecule has 0 bridgehead atoms. The second kappa shape index (κ2) is 6.66. The molecule has 19 heavy (non-hydrogen) atoms. The smallest absolute Gasteiger partial charge is 0.0708 e. The van der Waals surface area contributed by atoms with Crippen molar-refractivity contribution < 1.29 is 4.74 Å². The van der Waals surface area contributed by atoms with Gasteiger partial charge in [-0.15, -0.1) is 0 Å². The Labute approximate surface area is 114 Å². The van der Waals surface area contributed by atoms with Gasteiger partial charge in [0, 0.05) is 18.9 Å². The van der Waals surface area contributed by atoms with Gasteiger partial charge in [-0.05, 0) is 17.2 Å². The van der Waals surface area contributed by atoms with Gasteiger partial charge in [0.2, 0.25) is 0 Å². The predicted octanol–water partition coefficient (Wildman–Crippen LogP) is 4.05. The molecule has 1 aromatic heterocycles. The summed E-state index contributed by atoms with van der Waals surface area (Å²) in [4.78, 5) is 4.50. The average Bonchev–Trinajstić information content (AvgIpc) is 2.48. The van der Waals surface area contributed by atoms with Crippen LogP contribution in [-0.2, 0) is 4.74 Å². The lowest BCUT2D eigenvalue weighted by atomic mass is 10.0. The molecule has 1 aromatic carbocycles. The molecule has 0 radical (unpaired) electrons. The van der Waals surface area contributed by atoms with Gasteiger partial charge in [-0.3, -0.25) is 4.98 Å². The molecule has 0 atom stereocenters. The molecular formula is C17H17NO. The summed E-state index contributed by atoms with van der Waals surface area (Å²) in [7, 11) is 1.68. The largest absolute Gasteiger partial charge is 0.381 e. The number of hydrogen-bond acceptors (Lipinski definition) is 2. The molecule has 0 saturated heterocycles. The van der Waals surface area contributed by atoms with E-state index in [0.717, 1.165) is 22.4 Å². The van der Waals surface area contributed by atoms with Crippen LogP contribution < -0.4 is 0 Å². The summed E-state index contributed by atoms with van der Waals surface area (Å²) < 4.78 is 5.00. The van der Waals surface area contributed by atoms with E-state index in [-0.39, 0.29) is 0 Å². The first-order valence-corrected chi connectivity index (χ1v) is 6.18. The lowest BCUT2D eigenvalue weighted by Gasteiger charge is -2.05. The van der Waals surface area contributed by atoms with Crippen LogP contribution in [0.1, 0.15) is 11.1 Å². The van der Waals surface area contributed by atoms with Gasteiger partial charge in [0.15, 0.2) is 0 Å². The Hall–Kier alpha value is -2.19. The van der Waals surface area contributed by atoms with Crippen molar-refractivity contribution in [3.8, 4) is 11.3 Å². The predicted molar refractivity (Wildman–Crippen MR) is 80.7 cm³/mol. The molecule has 2 nitrogen and oxygen atoms in total. The van der Waals surface area contributed by atoms with Crippen LogP contribution in [0.5, 0.6) is 0 Å². The summed E-state index contributed by atoms with van der Waals surface area (Å²) in [5, 5.41) is 0. The summed E-state index contributed by atoms with van der Waals surface area (Å²) in [6.45, 7) is 4.46. The number of pyridine rings is 1. The maximum Gasteiger partial charge on any atom is 0.0708 e. The summed E-state index contributed by atoms with van der Waals surface area (Å²) >= 11 is 0. The topological polar surface area (TPSA) is 22.1 Å². The third-order valence-electron chi connectivity index (χ3n) is 2.82. The van der Waals surface area contributed by atoms with E-state index < -0.39 is 0 Å². The summed E-state index contributed by atoms with van der Waals surface area (Å²) in [6.07, 6.45) is 7.68. The summed E-state index contributed by atoms with van der Waals surface area (Å²) in [5.74, 6) is 0. The van der Waals surface area contributed by atoms with Crippen LogP contribution in [0.15, 0.2) is 55.3 Å². The molecule has 2 rings (SSSR count). The lowest BCUT2D eigenvalue weighted by molar-refractivity contribution is 0.234. The Kier molecular flexibility index (Phi) is 4.65. The van der Waals surface area contributed by atoms with Crippen molar-refractivity contribution in [1.29, 1.82) is 0 Å². The van der Waals surface area contributed by atoms with Gasteiger partial charge in [0.1, 0.15) is 0 Å². The number of methoxy groups -OCH3 is 1. The molecule has 2 heteroatoms. The fourth-order valence-corrected chi connectivity index (χ4v) is 1.84. The maximum absolute atomic E-state index is 5.00. The van der Waals surface area contributed by atoms with Gasteiger partial charge in [-0.25, -0.2) is 0 Å². The van der Waals surface area contributed by atoms with Crippen LogP contribution in [-0.4, -0.2) is 18.7 Å². The van der Waals surface area contributed by atoms with Gasteiger partial charge in [0.05, 0.1) is 12.3 Å². The Bertz CT molecular complexity index is 573. The van der Waals surface area contributed by atoms with E-state index in [9.17, 15) is 0 Å². The second-order valence-corrected chi connectivity index (χ2v) is 4.13. The third kappa shape index (κ3) is 3.39. The molecular weight excluding hydrogens is 234 g/mol. The van der Waals surface area contributed by atoms with Crippen molar-refractivity contribution in [2.24, 2.45) is 0 Å². The van der Waals surface area contributed by atoms with Gasteiger partial charge in [-0.1, -0.05) is 55.1 Å². The Morgan fingerprint density at radius 3 is 2.68 bits per heavy atom. The Morgan fingerprint density at radius 1 is 1.21 bits per heavy atom. The molecule has 0 aliphatic heterocycles. The first-order chi connectivity index (χ1) is 9.35. The molecule has 2 aromatic rings. The number of benzene rings is 1. The zero-order valence-electron chi connectivity index (χ0n) is 11.0. The highest BCUT2D eigenvalue weighted by molar-refractivity contribution is 5.69. The molecule has 0 aliphatic carbocycles. The van der Waals surface area contributed by atoms with E-state index in [2.05, 4.69) is 29.8 Å². The SMILES string of the molecule is C=Cc1cc(-c2ccccc2)ncc1/C=C/COC. The van der Waals surface area contributed by atoms with Crippen LogP contribution in [0.2, 0.25) is 0 Å². The van der Waals surface area contributed by atoms with Gasteiger partial charge in [0.25, 0.3) is 0 Å². The first-order valence-electron chi connectivity index (χ1n) is 6.18. The summed E-state index contributed by atoms with van der Waals surface area (Å²) in [6, 6.07) is 12.2. The standard InChI is InChI=1S/C17H17NO/c1-3-14-12-17(15-8-5-4-6-9-15)18-13-16(14)10-7-11-19-2/h3-10,12-13H,1,11H2,2H3/b10-7+. The zero-order chi connectivity index (χ0) is 13.5. The van der Waals surface area contributed by atoms with E-state index >= 15 is 0 Å². The van der Waals surface area contributed by atoms with E-state index in [0.29, 0.717) is 6.61 Å². The second-order valence-electron chi connectivity index (χ2n) is 4.13. The third-order valence-corrected chi connectivity index (χ3v) is 2.82. The minimum Gasteiger partial charge on any atom is -0.381 e. The number of rotatable bonds is 5. The van der Waals surface area contributed by atoms with Crippen LogP contribution in [0.25, 0.3) is 23.4 Å². The number of hydrogen-bond donors (Lipinski definition) is 0. The lowest BCUT2D eigenvalue weighted by Crippen LogP contribution is -1.89. The van der Waals surface area contributed by atoms with E-state index in [4.69, 9.17) is 4.74 Å². The fraction of sp³-hybridized carbons (Fsp3) is 0.118. The van der Waals surface area contributed by atoms with Crippen LogP contribution in [0.4, 0.5) is 0 Å². The number of aromatic nitrogens is 1. The van der Waals surface area contributed by atoms with E-state index in [1.807, 2.05) is 42.6 Å². The molecule has 0 unspecified atom stereocenters. The van der Waals surface area contributed by atoms with Gasteiger partial charge < -0.3 is 4.74 Å². The van der Waals surface area contributed by atoms with Crippen molar-refractivity contribution in [2.45, 2.75) is 0 Å². The van der Waals surface area contributed by atoms with Crippen LogP contribution in [0.3, 0.4) is 0 Å². The van der Waals surface area contributed by atoms with Crippen molar-refractivity contribution in [1.82, 2.24) is 4.98 Å². The molecule has 1 heterocycles. The molecule has 0 saturated carbocycles. The molecule has 0 aliphatic rings. The number of ether oxygens (including phenoxy) is 1. The zero-order valence-corrected chi connectivity index (χ0v) is 11.0. The van der Waals surface area contributed by atoms with Crippen molar-refractivity contribution in [2.75, 3.05) is 13.7 Å². The van der Waals surface area contributed by atoms with Crippen molar-refractivity contribution in [3.05, 3.63) is 66.4 Å². The monoisotopic (exact) mass is 251 g/mol. The van der Waals surface area contributed by atoms with Crippen molar-refractivity contribution >= 4 is 12.2 Å². The van der Waals surface area contributed by atoms with Gasteiger partial charge >= 0.3 is 0 Å². The normalized spacial score (nSPS) is 10.8. The highest BCUT2D eigenvalue weighted by atomic mass is 16.5. The van der Waals surface area contributed by atoms with Crippen LogP contribution in [0, 0.1) is 0 Å². The molecule has 96 valence electrons. The summed E-state index contributed by atoms with van der Waals surface area (Å²) in [5.41, 5.74) is 4.19. The molecule has 0 fully saturated rings. The first kappa shape index (κ1) is 13.2. The molecule has 0 N–H and O–H groups in total. The Balaban J connectivity index is 2.33. The van der Waals surface area contributed by atoms with Crippen LogP contribution >= 0.6 is 0 Å². The van der Waals surface area contributed by atoms with E-state index in [1.54, 1.807) is 7.11 Å². The Morgan fingerprint density at radius 2 is 2.00 bits per heavy atom. The van der Waals surface area contributed by atoms with E-state index in [1.165, 1.54) is 0 Å². The van der Waals surface area contributed by atoms with Crippen molar-refractivity contribution in [3.63, 3.8) is 0 Å².